The quantitative estimate of drug-likeness (QED) is 0.447. The van der Waals surface area contributed by atoms with Crippen LogP contribution in [0.25, 0.3) is 0 Å². The second-order valence-corrected chi connectivity index (χ2v) is 10.3. The Balaban J connectivity index is 1.58. The van der Waals surface area contributed by atoms with Gasteiger partial charge in [0, 0.05) is 38.3 Å². The third-order valence-electron chi connectivity index (χ3n) is 7.16. The van der Waals surface area contributed by atoms with Crippen molar-refractivity contribution in [2.45, 2.75) is 64.5 Å². The number of nitrogens with one attached hydrogen (secondary N) is 2. The van der Waals surface area contributed by atoms with E-state index in [1.807, 2.05) is 0 Å². The van der Waals surface area contributed by atoms with Gasteiger partial charge in [-0.25, -0.2) is 0 Å². The smallest absolute Gasteiger partial charge is 0.191 e. The van der Waals surface area contributed by atoms with Crippen molar-refractivity contribution in [3.05, 3.63) is 0 Å². The summed E-state index contributed by atoms with van der Waals surface area (Å²) < 4.78 is 6.04. The Morgan fingerprint density at radius 2 is 1.81 bits per heavy atom. The summed E-state index contributed by atoms with van der Waals surface area (Å²) in [5.41, 5.74) is 0.227. The summed E-state index contributed by atoms with van der Waals surface area (Å²) in [5, 5.41) is 7.07. The van der Waals surface area contributed by atoms with E-state index in [2.05, 4.69) is 53.2 Å². The molecule has 7 heteroatoms. The minimum Gasteiger partial charge on any atom is -0.374 e. The van der Waals surface area contributed by atoms with Gasteiger partial charge in [-0.2, -0.15) is 0 Å². The first-order chi connectivity index (χ1) is 15.0. The molecule has 1 atom stereocenters. The highest BCUT2D eigenvalue weighted by molar-refractivity contribution is 5.79. The monoisotopic (exact) mass is 436 g/mol. The number of guanidine groups is 1. The Hall–Kier alpha value is -0.890. The lowest BCUT2D eigenvalue weighted by molar-refractivity contribution is -0.0284. The molecule has 180 valence electrons. The highest BCUT2D eigenvalue weighted by Gasteiger charge is 2.39. The fourth-order valence-corrected chi connectivity index (χ4v) is 5.34. The number of hydrogen-bond acceptors (Lipinski definition) is 5. The molecule has 3 fully saturated rings. The maximum Gasteiger partial charge on any atom is 0.191 e. The first-order valence-electron chi connectivity index (χ1n) is 12.8. The second kappa shape index (κ2) is 12.4. The van der Waals surface area contributed by atoms with Crippen molar-refractivity contribution in [1.82, 2.24) is 25.3 Å². The number of aliphatic imine (C=N–C) groups is 1. The van der Waals surface area contributed by atoms with E-state index < -0.39 is 0 Å². The van der Waals surface area contributed by atoms with Crippen LogP contribution in [-0.4, -0.2) is 111 Å². The van der Waals surface area contributed by atoms with Crippen LogP contribution in [0.5, 0.6) is 0 Å². The van der Waals surface area contributed by atoms with Crippen LogP contribution in [-0.2, 0) is 4.74 Å². The Bertz CT molecular complexity index is 540. The molecule has 3 aliphatic rings. The molecule has 3 rings (SSSR count). The molecule has 7 nitrogen and oxygen atoms in total. The van der Waals surface area contributed by atoms with E-state index in [9.17, 15) is 0 Å². The van der Waals surface area contributed by atoms with Crippen molar-refractivity contribution in [1.29, 1.82) is 0 Å². The van der Waals surface area contributed by atoms with E-state index in [-0.39, 0.29) is 11.6 Å². The minimum atomic E-state index is 0.227. The maximum absolute atomic E-state index is 6.04. The predicted octanol–water partition coefficient (Wildman–Crippen LogP) is 1.85. The van der Waals surface area contributed by atoms with Crippen molar-refractivity contribution in [3.63, 3.8) is 0 Å². The van der Waals surface area contributed by atoms with Gasteiger partial charge in [0.25, 0.3) is 0 Å². The molecule has 0 bridgehead atoms. The molecule has 0 aromatic heterocycles. The van der Waals surface area contributed by atoms with E-state index in [1.54, 1.807) is 0 Å². The Morgan fingerprint density at radius 1 is 1.06 bits per heavy atom. The first kappa shape index (κ1) is 24.7. The summed E-state index contributed by atoms with van der Waals surface area (Å²) in [5.74, 6) is 1.65. The summed E-state index contributed by atoms with van der Waals surface area (Å²) in [6.07, 6.45) is 6.74. The zero-order valence-electron chi connectivity index (χ0n) is 20.7. The molecule has 1 unspecified atom stereocenters. The summed E-state index contributed by atoms with van der Waals surface area (Å²) in [4.78, 5) is 12.9. The van der Waals surface area contributed by atoms with Gasteiger partial charge in [-0.3, -0.25) is 14.8 Å². The van der Waals surface area contributed by atoms with Gasteiger partial charge < -0.3 is 20.3 Å². The standard InChI is InChI=1S/C24H48N6O/c1-5-25-23(26-17-22-19-29(15-16-31-22)18-21(2)3)27-20-24(9-13-28(4)14-10-24)30-11-7-6-8-12-30/h21-22H,5-20H2,1-4H3,(H2,25,26,27). The van der Waals surface area contributed by atoms with E-state index >= 15 is 0 Å². The fourth-order valence-electron chi connectivity index (χ4n) is 5.34. The second-order valence-electron chi connectivity index (χ2n) is 10.3. The molecule has 0 aromatic carbocycles. The van der Waals surface area contributed by atoms with Crippen LogP contribution in [0.2, 0.25) is 0 Å². The van der Waals surface area contributed by atoms with E-state index in [0.29, 0.717) is 5.92 Å². The third-order valence-corrected chi connectivity index (χ3v) is 7.16. The normalized spacial score (nSPS) is 26.9. The van der Waals surface area contributed by atoms with E-state index in [0.717, 1.165) is 51.8 Å². The van der Waals surface area contributed by atoms with Gasteiger partial charge in [-0.15, -0.1) is 0 Å². The lowest BCUT2D eigenvalue weighted by Gasteiger charge is -2.49. The highest BCUT2D eigenvalue weighted by atomic mass is 16.5. The van der Waals surface area contributed by atoms with Crippen LogP contribution >= 0.6 is 0 Å². The Morgan fingerprint density at radius 3 is 2.48 bits per heavy atom. The molecule has 31 heavy (non-hydrogen) atoms. The number of nitrogens with zero attached hydrogens (tertiary/aromatic N) is 4. The molecule has 0 aromatic rings. The Labute approximate surface area is 191 Å². The van der Waals surface area contributed by atoms with Crippen molar-refractivity contribution < 1.29 is 4.74 Å². The van der Waals surface area contributed by atoms with Crippen LogP contribution in [0.3, 0.4) is 0 Å². The molecule has 2 N–H and O–H groups in total. The number of likely N-dealkylation sites (tertiary alicyclic amines) is 2. The maximum atomic E-state index is 6.04. The van der Waals surface area contributed by atoms with Gasteiger partial charge in [0.15, 0.2) is 5.96 Å². The van der Waals surface area contributed by atoms with Crippen LogP contribution in [0, 0.1) is 5.92 Å². The number of rotatable bonds is 8. The van der Waals surface area contributed by atoms with Gasteiger partial charge in [0.1, 0.15) is 0 Å². The summed E-state index contributed by atoms with van der Waals surface area (Å²) >= 11 is 0. The van der Waals surface area contributed by atoms with Crippen LogP contribution in [0.1, 0.15) is 52.9 Å². The molecule has 3 aliphatic heterocycles. The number of hydrogen-bond donors (Lipinski definition) is 2. The molecule has 0 spiro atoms. The van der Waals surface area contributed by atoms with Gasteiger partial charge in [0.05, 0.1) is 19.3 Å². The largest absolute Gasteiger partial charge is 0.374 e. The van der Waals surface area contributed by atoms with Crippen LogP contribution < -0.4 is 10.6 Å². The van der Waals surface area contributed by atoms with Gasteiger partial charge in [-0.05, 0) is 71.8 Å². The number of ether oxygens (including phenoxy) is 1. The molecule has 0 radical (unpaired) electrons. The van der Waals surface area contributed by atoms with Crippen LogP contribution in [0.15, 0.2) is 4.99 Å². The highest BCUT2D eigenvalue weighted by Crippen LogP contribution is 2.31. The molecular weight excluding hydrogens is 388 g/mol. The van der Waals surface area contributed by atoms with E-state index in [4.69, 9.17) is 9.73 Å². The zero-order chi connectivity index (χ0) is 22.1. The molecule has 0 aliphatic carbocycles. The number of piperidine rings is 2. The third kappa shape index (κ3) is 7.58. The molecule has 0 saturated carbocycles. The van der Waals surface area contributed by atoms with Crippen molar-refractivity contribution >= 4 is 5.96 Å². The summed E-state index contributed by atoms with van der Waals surface area (Å²) in [6.45, 7) is 18.2. The molecule has 3 heterocycles. The lowest BCUT2D eigenvalue weighted by Crippen LogP contribution is -2.58. The average molecular weight is 437 g/mol. The average Bonchev–Trinajstić information content (AvgIpc) is 2.77. The van der Waals surface area contributed by atoms with Gasteiger partial charge in [0.2, 0.25) is 0 Å². The summed E-state index contributed by atoms with van der Waals surface area (Å²) in [6, 6.07) is 0. The van der Waals surface area contributed by atoms with E-state index in [1.165, 1.54) is 58.3 Å². The summed E-state index contributed by atoms with van der Waals surface area (Å²) in [7, 11) is 2.25. The van der Waals surface area contributed by atoms with Gasteiger partial charge >= 0.3 is 0 Å². The molecule has 3 saturated heterocycles. The van der Waals surface area contributed by atoms with Gasteiger partial charge in [-0.1, -0.05) is 20.3 Å². The zero-order valence-corrected chi connectivity index (χ0v) is 20.7. The molecular formula is C24H48N6O. The molecule has 0 amide bonds. The van der Waals surface area contributed by atoms with Crippen molar-refractivity contribution in [3.8, 4) is 0 Å². The lowest BCUT2D eigenvalue weighted by atomic mass is 9.84. The van der Waals surface area contributed by atoms with Crippen LogP contribution in [0.4, 0.5) is 0 Å². The predicted molar refractivity (Wildman–Crippen MR) is 130 cm³/mol. The first-order valence-corrected chi connectivity index (χ1v) is 12.8. The number of morpholine rings is 1. The SMILES string of the molecule is CCNC(=NCC1(N2CCCCC2)CCN(C)CC1)NCC1CN(CC(C)C)CCO1. The van der Waals surface area contributed by atoms with Crippen molar-refractivity contribution in [2.75, 3.05) is 79.1 Å². The topological polar surface area (TPSA) is 55.4 Å². The Kier molecular flexibility index (Phi) is 9.88. The minimum absolute atomic E-state index is 0.227. The van der Waals surface area contributed by atoms with Crippen molar-refractivity contribution in [2.24, 2.45) is 10.9 Å². The fraction of sp³-hybridized carbons (Fsp3) is 0.958.